The molecular weight excluding hydrogens is 448 g/mol. The Balaban J connectivity index is 2.56. The van der Waals surface area contributed by atoms with Crippen LogP contribution in [0.5, 0.6) is 0 Å². The van der Waals surface area contributed by atoms with Gasteiger partial charge in [0, 0.05) is 51.0 Å². The van der Waals surface area contributed by atoms with Crippen LogP contribution in [-0.4, -0.2) is 21.1 Å². The maximum absolute atomic E-state index is 3.70. The summed E-state index contributed by atoms with van der Waals surface area (Å²) in [5.74, 6) is 0. The Morgan fingerprint density at radius 2 is 1.60 bits per heavy atom. The van der Waals surface area contributed by atoms with Crippen LogP contribution < -0.4 is 10.2 Å². The highest BCUT2D eigenvalue weighted by molar-refractivity contribution is 9.18. The monoisotopic (exact) mass is 458 g/mol. The molecule has 2 aromatic carbocycles. The zero-order valence-electron chi connectivity index (χ0n) is 11.3. The molecule has 3 rings (SSSR count). The van der Waals surface area contributed by atoms with Gasteiger partial charge in [0.1, 0.15) is 0 Å². The number of rotatable bonds is 2. The maximum atomic E-state index is 3.70. The quantitative estimate of drug-likeness (QED) is 0.624. The standard InChI is InChI=1S/C15H13Br3N2/c1-19-15-9(16)6-8-11-7(13(17)14(8)18)4-5-10(12(11)15)20(2)3/h4-6,19H,1-3H3. The summed E-state index contributed by atoms with van der Waals surface area (Å²) in [5, 5.41) is 5.84. The van der Waals surface area contributed by atoms with Gasteiger partial charge >= 0.3 is 0 Å². The van der Waals surface area contributed by atoms with E-state index in [1.54, 1.807) is 0 Å². The first-order valence-electron chi connectivity index (χ1n) is 6.17. The molecule has 0 fully saturated rings. The van der Waals surface area contributed by atoms with Crippen LogP contribution in [0, 0.1) is 0 Å². The van der Waals surface area contributed by atoms with Crippen LogP contribution in [0.25, 0.3) is 19.7 Å². The van der Waals surface area contributed by atoms with Crippen molar-refractivity contribution in [3.63, 3.8) is 0 Å². The zero-order valence-corrected chi connectivity index (χ0v) is 16.1. The van der Waals surface area contributed by atoms with Crippen molar-refractivity contribution < 1.29 is 0 Å². The summed E-state index contributed by atoms with van der Waals surface area (Å²) in [5.41, 5.74) is 4.78. The zero-order chi connectivity index (χ0) is 14.6. The summed E-state index contributed by atoms with van der Waals surface area (Å²) in [6.45, 7) is 0. The number of benzene rings is 2. The normalized spacial score (nSPS) is 13.3. The molecular formula is C15H13Br3N2. The molecule has 0 aromatic heterocycles. The van der Waals surface area contributed by atoms with Crippen molar-refractivity contribution in [3.8, 4) is 0 Å². The second-order valence-corrected chi connectivity index (χ2v) is 7.38. The molecule has 1 N–H and O–H groups in total. The number of hydrogen-bond acceptors (Lipinski definition) is 2. The lowest BCUT2D eigenvalue weighted by atomic mass is 10.00. The van der Waals surface area contributed by atoms with Crippen molar-refractivity contribution in [2.75, 3.05) is 31.4 Å². The first kappa shape index (κ1) is 14.4. The van der Waals surface area contributed by atoms with Crippen molar-refractivity contribution in [3.05, 3.63) is 33.8 Å². The lowest BCUT2D eigenvalue weighted by molar-refractivity contribution is 1.14. The number of anilines is 2. The van der Waals surface area contributed by atoms with Gasteiger partial charge < -0.3 is 10.2 Å². The highest BCUT2D eigenvalue weighted by atomic mass is 79.9. The number of halogens is 3. The van der Waals surface area contributed by atoms with Crippen molar-refractivity contribution in [2.24, 2.45) is 0 Å². The minimum Gasteiger partial charge on any atom is -0.387 e. The van der Waals surface area contributed by atoms with E-state index in [1.165, 1.54) is 27.6 Å². The highest BCUT2D eigenvalue weighted by Crippen LogP contribution is 2.52. The van der Waals surface area contributed by atoms with Crippen LogP contribution in [0.15, 0.2) is 22.7 Å². The van der Waals surface area contributed by atoms with E-state index in [0.29, 0.717) is 0 Å². The minimum atomic E-state index is 1.07. The van der Waals surface area contributed by atoms with Crippen molar-refractivity contribution in [1.29, 1.82) is 0 Å². The van der Waals surface area contributed by atoms with E-state index in [-0.39, 0.29) is 0 Å². The molecule has 0 spiro atoms. The molecule has 1 aliphatic carbocycles. The Bertz CT molecular complexity index is 764. The molecule has 104 valence electrons. The third-order valence-electron chi connectivity index (χ3n) is 3.61. The van der Waals surface area contributed by atoms with Gasteiger partial charge in [0.15, 0.2) is 0 Å². The van der Waals surface area contributed by atoms with E-state index < -0.39 is 0 Å². The van der Waals surface area contributed by atoms with Crippen LogP contribution in [-0.2, 0) is 0 Å². The molecule has 0 atom stereocenters. The van der Waals surface area contributed by atoms with Crippen LogP contribution in [0.2, 0.25) is 0 Å². The van der Waals surface area contributed by atoms with E-state index in [2.05, 4.69) is 90.3 Å². The second-order valence-electron chi connectivity index (χ2n) is 4.94. The molecule has 1 aliphatic rings. The topological polar surface area (TPSA) is 15.3 Å². The highest BCUT2D eigenvalue weighted by Gasteiger charge is 2.25. The van der Waals surface area contributed by atoms with E-state index in [9.17, 15) is 0 Å². The van der Waals surface area contributed by atoms with Gasteiger partial charge in [-0.2, -0.15) is 0 Å². The third kappa shape index (κ3) is 1.86. The molecule has 0 bridgehead atoms. The fourth-order valence-corrected chi connectivity index (χ4v) is 4.42. The van der Waals surface area contributed by atoms with E-state index in [0.717, 1.165) is 19.1 Å². The van der Waals surface area contributed by atoms with Crippen LogP contribution in [0.3, 0.4) is 0 Å². The van der Waals surface area contributed by atoms with Gasteiger partial charge in [-0.05, 0) is 71.0 Å². The molecule has 2 aromatic rings. The van der Waals surface area contributed by atoms with Gasteiger partial charge in [-0.1, -0.05) is 6.07 Å². The first-order chi connectivity index (χ1) is 9.47. The second kappa shape index (κ2) is 5.04. The summed E-state index contributed by atoms with van der Waals surface area (Å²) in [4.78, 5) is 2.15. The molecule has 0 saturated carbocycles. The number of nitrogens with one attached hydrogen (secondary N) is 1. The molecule has 0 saturated heterocycles. The minimum absolute atomic E-state index is 1.07. The van der Waals surface area contributed by atoms with Crippen molar-refractivity contribution in [1.82, 2.24) is 0 Å². The van der Waals surface area contributed by atoms with Crippen molar-refractivity contribution in [2.45, 2.75) is 0 Å². The summed E-state index contributed by atoms with van der Waals surface area (Å²) >= 11 is 11.1. The fraction of sp³-hybridized carbons (Fsp3) is 0.200. The summed E-state index contributed by atoms with van der Waals surface area (Å²) in [7, 11) is 6.11. The van der Waals surface area contributed by atoms with Crippen LogP contribution in [0.4, 0.5) is 11.4 Å². The summed E-state index contributed by atoms with van der Waals surface area (Å²) in [6, 6.07) is 6.50. The molecule has 20 heavy (non-hydrogen) atoms. The van der Waals surface area contributed by atoms with Gasteiger partial charge in [-0.25, -0.2) is 0 Å². The molecule has 0 heterocycles. The Kier molecular flexibility index (Phi) is 3.63. The maximum Gasteiger partial charge on any atom is 0.0583 e. The molecule has 0 radical (unpaired) electrons. The molecule has 5 heteroatoms. The number of hydrogen-bond donors (Lipinski definition) is 1. The predicted octanol–water partition coefficient (Wildman–Crippen LogP) is 5.64. The Hall–Kier alpha value is -0.520. The smallest absolute Gasteiger partial charge is 0.0583 e. The van der Waals surface area contributed by atoms with Crippen LogP contribution >= 0.6 is 47.8 Å². The Morgan fingerprint density at radius 1 is 0.950 bits per heavy atom. The average Bonchev–Trinajstić information content (AvgIpc) is 2.65. The summed E-state index contributed by atoms with van der Waals surface area (Å²) in [6.07, 6.45) is 0. The van der Waals surface area contributed by atoms with Gasteiger partial charge in [0.05, 0.1) is 5.69 Å². The lowest BCUT2D eigenvalue weighted by Crippen LogP contribution is -2.10. The van der Waals surface area contributed by atoms with Gasteiger partial charge in [0.2, 0.25) is 0 Å². The molecule has 0 aliphatic heterocycles. The van der Waals surface area contributed by atoms with E-state index in [4.69, 9.17) is 0 Å². The fourth-order valence-electron chi connectivity index (χ4n) is 2.72. The van der Waals surface area contributed by atoms with Crippen LogP contribution in [0.1, 0.15) is 11.1 Å². The Morgan fingerprint density at radius 3 is 2.20 bits per heavy atom. The summed E-state index contributed by atoms with van der Waals surface area (Å²) < 4.78 is 3.29. The molecule has 0 unspecified atom stereocenters. The first-order valence-corrected chi connectivity index (χ1v) is 8.55. The molecule has 0 amide bonds. The largest absolute Gasteiger partial charge is 0.387 e. The number of nitrogens with zero attached hydrogens (tertiary/aromatic N) is 1. The SMILES string of the molecule is CNc1c(Br)cc2c3c(ccc(N(C)C)c13)C(Br)=C2Br. The molecule has 2 nitrogen and oxygen atoms in total. The third-order valence-corrected chi connectivity index (χ3v) is 6.41. The lowest BCUT2D eigenvalue weighted by Gasteiger charge is -2.20. The van der Waals surface area contributed by atoms with Gasteiger partial charge in [0.25, 0.3) is 0 Å². The Labute approximate surface area is 143 Å². The predicted molar refractivity (Wildman–Crippen MR) is 100 cm³/mol. The van der Waals surface area contributed by atoms with E-state index in [1.807, 2.05) is 7.05 Å². The average molecular weight is 461 g/mol. The van der Waals surface area contributed by atoms with E-state index >= 15 is 0 Å². The van der Waals surface area contributed by atoms with Crippen molar-refractivity contribution >= 4 is 78.9 Å². The van der Waals surface area contributed by atoms with Gasteiger partial charge in [-0.3, -0.25) is 0 Å². The van der Waals surface area contributed by atoms with Gasteiger partial charge in [-0.15, -0.1) is 0 Å².